The molecule has 0 spiro atoms. The summed E-state index contributed by atoms with van der Waals surface area (Å²) >= 11 is 0. The van der Waals surface area contributed by atoms with Crippen LogP contribution in [0.2, 0.25) is 0 Å². The standard InChI is InChI=1S/C14H20/c1-5-6-7-12(3)14-9-8-11(2)13(4)10-14/h7-10H,5-6H2,1-4H3/b12-7-. The van der Waals surface area contributed by atoms with Gasteiger partial charge in [0.2, 0.25) is 0 Å². The van der Waals surface area contributed by atoms with Crippen molar-refractivity contribution in [1.82, 2.24) is 0 Å². The van der Waals surface area contributed by atoms with Crippen LogP contribution in [-0.2, 0) is 0 Å². The minimum absolute atomic E-state index is 1.18. The first-order chi connectivity index (χ1) is 6.65. The van der Waals surface area contributed by atoms with Gasteiger partial charge in [-0.05, 0) is 49.5 Å². The molecule has 0 atom stereocenters. The fourth-order valence-electron chi connectivity index (χ4n) is 1.47. The number of rotatable bonds is 3. The normalized spacial score (nSPS) is 11.9. The highest BCUT2D eigenvalue weighted by molar-refractivity contribution is 5.64. The molecule has 0 bridgehead atoms. The van der Waals surface area contributed by atoms with Crippen molar-refractivity contribution < 1.29 is 0 Å². The maximum atomic E-state index is 2.32. The summed E-state index contributed by atoms with van der Waals surface area (Å²) in [5.41, 5.74) is 5.51. The minimum Gasteiger partial charge on any atom is -0.0810 e. The summed E-state index contributed by atoms with van der Waals surface area (Å²) in [6, 6.07) is 6.69. The van der Waals surface area contributed by atoms with Crippen molar-refractivity contribution >= 4 is 5.57 Å². The zero-order chi connectivity index (χ0) is 10.6. The Kier molecular flexibility index (Phi) is 3.94. The summed E-state index contributed by atoms with van der Waals surface area (Å²) in [6.45, 7) is 8.74. The molecule has 1 rings (SSSR count). The first-order valence-electron chi connectivity index (χ1n) is 5.39. The van der Waals surface area contributed by atoms with Gasteiger partial charge in [0.05, 0.1) is 0 Å². The highest BCUT2D eigenvalue weighted by Crippen LogP contribution is 2.18. The molecule has 0 heterocycles. The molecule has 1 aromatic rings. The molecule has 0 N–H and O–H groups in total. The Morgan fingerprint density at radius 3 is 2.50 bits per heavy atom. The van der Waals surface area contributed by atoms with E-state index in [1.165, 1.54) is 35.1 Å². The van der Waals surface area contributed by atoms with Crippen molar-refractivity contribution in [2.45, 2.75) is 40.5 Å². The van der Waals surface area contributed by atoms with Crippen molar-refractivity contribution in [2.75, 3.05) is 0 Å². The molecule has 1 aromatic carbocycles. The molecule has 14 heavy (non-hydrogen) atoms. The maximum Gasteiger partial charge on any atom is -0.0228 e. The van der Waals surface area contributed by atoms with Gasteiger partial charge in [-0.25, -0.2) is 0 Å². The first kappa shape index (κ1) is 11.0. The van der Waals surface area contributed by atoms with E-state index in [1.807, 2.05) is 0 Å². The van der Waals surface area contributed by atoms with Gasteiger partial charge in [0.15, 0.2) is 0 Å². The van der Waals surface area contributed by atoms with Gasteiger partial charge in [-0.15, -0.1) is 0 Å². The number of benzene rings is 1. The lowest BCUT2D eigenvalue weighted by atomic mass is 10.0. The van der Waals surface area contributed by atoms with E-state index in [2.05, 4.69) is 52.0 Å². The molecule has 0 aliphatic carbocycles. The van der Waals surface area contributed by atoms with Crippen molar-refractivity contribution in [3.05, 3.63) is 41.0 Å². The van der Waals surface area contributed by atoms with E-state index in [1.54, 1.807) is 0 Å². The molecule has 0 amide bonds. The molecular weight excluding hydrogens is 168 g/mol. The predicted octanol–water partition coefficient (Wildman–Crippen LogP) is 4.51. The zero-order valence-corrected chi connectivity index (χ0v) is 9.72. The molecule has 0 aliphatic heterocycles. The Morgan fingerprint density at radius 1 is 1.21 bits per heavy atom. The lowest BCUT2D eigenvalue weighted by molar-refractivity contribution is 0.959. The first-order valence-corrected chi connectivity index (χ1v) is 5.39. The van der Waals surface area contributed by atoms with Crippen molar-refractivity contribution in [3.8, 4) is 0 Å². The molecular formula is C14H20. The summed E-state index contributed by atoms with van der Waals surface area (Å²) in [4.78, 5) is 0. The third-order valence-corrected chi connectivity index (χ3v) is 2.70. The van der Waals surface area contributed by atoms with Crippen LogP contribution >= 0.6 is 0 Å². The van der Waals surface area contributed by atoms with Crippen LogP contribution in [0.3, 0.4) is 0 Å². The van der Waals surface area contributed by atoms with E-state index in [0.29, 0.717) is 0 Å². The number of hydrogen-bond donors (Lipinski definition) is 0. The zero-order valence-electron chi connectivity index (χ0n) is 9.72. The van der Waals surface area contributed by atoms with Gasteiger partial charge in [0.1, 0.15) is 0 Å². The van der Waals surface area contributed by atoms with E-state index in [0.717, 1.165) is 0 Å². The van der Waals surface area contributed by atoms with E-state index >= 15 is 0 Å². The second-order valence-electron chi connectivity index (χ2n) is 3.97. The molecule has 0 nitrogen and oxygen atoms in total. The van der Waals surface area contributed by atoms with Crippen LogP contribution in [0.1, 0.15) is 43.4 Å². The summed E-state index contributed by atoms with van der Waals surface area (Å²) < 4.78 is 0. The largest absolute Gasteiger partial charge is 0.0810 e. The molecule has 0 radical (unpaired) electrons. The second-order valence-corrected chi connectivity index (χ2v) is 3.97. The molecule has 0 heteroatoms. The Labute approximate surface area is 87.7 Å². The number of unbranched alkanes of at least 4 members (excludes halogenated alkanes) is 1. The summed E-state index contributed by atoms with van der Waals surface area (Å²) in [5, 5.41) is 0. The second kappa shape index (κ2) is 4.99. The number of hydrogen-bond acceptors (Lipinski definition) is 0. The Bertz CT molecular complexity index is 332. The molecule has 76 valence electrons. The fourth-order valence-corrected chi connectivity index (χ4v) is 1.47. The summed E-state index contributed by atoms with van der Waals surface area (Å²) in [7, 11) is 0. The Morgan fingerprint density at radius 2 is 1.93 bits per heavy atom. The minimum atomic E-state index is 1.18. The van der Waals surface area contributed by atoms with Gasteiger partial charge >= 0.3 is 0 Å². The van der Waals surface area contributed by atoms with Crippen LogP contribution in [0.4, 0.5) is 0 Å². The average molecular weight is 188 g/mol. The molecule has 0 fully saturated rings. The molecule has 0 saturated carbocycles. The van der Waals surface area contributed by atoms with Gasteiger partial charge < -0.3 is 0 Å². The van der Waals surface area contributed by atoms with Crippen molar-refractivity contribution in [3.63, 3.8) is 0 Å². The average Bonchev–Trinajstić information content (AvgIpc) is 2.18. The number of allylic oxidation sites excluding steroid dienone is 2. The smallest absolute Gasteiger partial charge is 0.0228 e. The third-order valence-electron chi connectivity index (χ3n) is 2.70. The van der Waals surface area contributed by atoms with Crippen LogP contribution in [0.25, 0.3) is 5.57 Å². The third kappa shape index (κ3) is 2.73. The lowest BCUT2D eigenvalue weighted by Crippen LogP contribution is -1.85. The fraction of sp³-hybridized carbons (Fsp3) is 0.429. The van der Waals surface area contributed by atoms with Crippen LogP contribution in [0.15, 0.2) is 24.3 Å². The van der Waals surface area contributed by atoms with E-state index in [9.17, 15) is 0 Å². The highest BCUT2D eigenvalue weighted by atomic mass is 14.0. The van der Waals surface area contributed by atoms with E-state index < -0.39 is 0 Å². The van der Waals surface area contributed by atoms with Gasteiger partial charge in [-0.3, -0.25) is 0 Å². The van der Waals surface area contributed by atoms with Crippen LogP contribution < -0.4 is 0 Å². The maximum absolute atomic E-state index is 2.32. The Hall–Kier alpha value is -1.04. The van der Waals surface area contributed by atoms with E-state index in [-0.39, 0.29) is 0 Å². The topological polar surface area (TPSA) is 0 Å². The quantitative estimate of drug-likeness (QED) is 0.655. The van der Waals surface area contributed by atoms with Crippen molar-refractivity contribution in [2.24, 2.45) is 0 Å². The predicted molar refractivity (Wildman–Crippen MR) is 64.5 cm³/mol. The Balaban J connectivity index is 2.91. The van der Waals surface area contributed by atoms with Gasteiger partial charge in [0.25, 0.3) is 0 Å². The van der Waals surface area contributed by atoms with Crippen LogP contribution in [0.5, 0.6) is 0 Å². The summed E-state index contributed by atoms with van der Waals surface area (Å²) in [6.07, 6.45) is 4.73. The highest BCUT2D eigenvalue weighted by Gasteiger charge is 1.97. The molecule has 0 aliphatic rings. The SMILES string of the molecule is CCC/C=C(/C)c1ccc(C)c(C)c1. The lowest BCUT2D eigenvalue weighted by Gasteiger charge is -2.05. The molecule has 0 saturated heterocycles. The van der Waals surface area contributed by atoms with Crippen LogP contribution in [0, 0.1) is 13.8 Å². The van der Waals surface area contributed by atoms with Gasteiger partial charge in [-0.1, -0.05) is 37.6 Å². The van der Waals surface area contributed by atoms with Crippen LogP contribution in [-0.4, -0.2) is 0 Å². The molecule has 0 unspecified atom stereocenters. The van der Waals surface area contributed by atoms with Gasteiger partial charge in [-0.2, -0.15) is 0 Å². The monoisotopic (exact) mass is 188 g/mol. The van der Waals surface area contributed by atoms with Gasteiger partial charge in [0, 0.05) is 0 Å². The van der Waals surface area contributed by atoms with E-state index in [4.69, 9.17) is 0 Å². The summed E-state index contributed by atoms with van der Waals surface area (Å²) in [5.74, 6) is 0. The van der Waals surface area contributed by atoms with Crippen molar-refractivity contribution in [1.29, 1.82) is 0 Å². The number of aryl methyl sites for hydroxylation is 2. The molecule has 0 aromatic heterocycles.